The van der Waals surface area contributed by atoms with E-state index in [4.69, 9.17) is 0 Å². The maximum atomic E-state index is 2.67. The van der Waals surface area contributed by atoms with Crippen LogP contribution in [0.4, 0.5) is 0 Å². The van der Waals surface area contributed by atoms with Crippen LogP contribution < -0.4 is 0 Å². The molecule has 0 nitrogen and oxygen atoms in total. The Morgan fingerprint density at radius 2 is 2.00 bits per heavy atom. The van der Waals surface area contributed by atoms with Crippen LogP contribution in [0.2, 0.25) is 0 Å². The summed E-state index contributed by atoms with van der Waals surface area (Å²) in [5, 5.41) is 0. The number of hydrogen-bond donors (Lipinski definition) is 0. The summed E-state index contributed by atoms with van der Waals surface area (Å²) in [5.74, 6) is 0. The average Bonchev–Trinajstić information content (AvgIpc) is 0.918. The molecule has 0 aliphatic heterocycles. The summed E-state index contributed by atoms with van der Waals surface area (Å²) in [5.41, 5.74) is 0. The standard InChI is InChI=1S/Mg.H6P2Si.2H/c;1-2-3;;/h;2H,1H2,3H3;;/q+2;;2*-1. The topological polar surface area (TPSA) is 0 Å². The maximum absolute atomic E-state index is 2.67. The molecule has 4 heteroatoms. The molecule has 24 valence electrons. The number of rotatable bonds is 0. The van der Waals surface area contributed by atoms with E-state index >= 15 is 0 Å². The zero-order chi connectivity index (χ0) is 2.71. The van der Waals surface area contributed by atoms with Crippen LogP contribution in [-0.4, -0.2) is 33.0 Å². The second-order valence-corrected chi connectivity index (χ2v) is 7.79. The van der Waals surface area contributed by atoms with Crippen molar-refractivity contribution in [3.63, 3.8) is 0 Å². The van der Waals surface area contributed by atoms with Crippen molar-refractivity contribution in [2.45, 2.75) is 0 Å². The van der Waals surface area contributed by atoms with E-state index in [1.165, 1.54) is 9.91 Å². The third kappa shape index (κ3) is 9.14. The van der Waals surface area contributed by atoms with Gasteiger partial charge in [0.25, 0.3) is 0 Å². The third-order valence-corrected chi connectivity index (χ3v) is 0. The van der Waals surface area contributed by atoms with Crippen LogP contribution in [0.15, 0.2) is 0 Å². The second kappa shape index (κ2) is 8.85. The van der Waals surface area contributed by atoms with E-state index in [2.05, 4.69) is 8.93 Å². The fraction of sp³-hybridized carbons (Fsp3) is 0. The van der Waals surface area contributed by atoms with Crippen molar-refractivity contribution in [1.82, 2.24) is 0 Å². The van der Waals surface area contributed by atoms with Gasteiger partial charge in [-0.1, -0.05) is 0 Å². The predicted molar refractivity (Wildman–Crippen MR) is 35.9 cm³/mol. The summed E-state index contributed by atoms with van der Waals surface area (Å²) >= 11 is 0. The minimum Gasteiger partial charge on any atom is -1.00 e. The molecule has 4 heavy (non-hydrogen) atoms. The quantitative estimate of drug-likeness (QED) is 0.302. The molecule has 0 saturated heterocycles. The maximum Gasteiger partial charge on any atom is 2.00 e. The van der Waals surface area contributed by atoms with E-state index in [1.54, 1.807) is 0 Å². The molecule has 0 heterocycles. The molecular weight excluding hydrogens is 114 g/mol. The van der Waals surface area contributed by atoms with Gasteiger partial charge in [-0.05, 0) is 0 Å². The van der Waals surface area contributed by atoms with Crippen LogP contribution in [0, 0.1) is 0 Å². The molecule has 0 radical (unpaired) electrons. The SMILES string of the molecule is [H-].[H-].[Mg+2].[SiH3]PP. The normalized spacial score (nSPS) is 8.25. The van der Waals surface area contributed by atoms with Gasteiger partial charge < -0.3 is 2.85 Å². The molecule has 0 aromatic carbocycles. The summed E-state index contributed by atoms with van der Waals surface area (Å²) in [6, 6.07) is 0. The molecule has 2 atom stereocenters. The second-order valence-electron chi connectivity index (χ2n) is 0.289. The van der Waals surface area contributed by atoms with Crippen molar-refractivity contribution in [2.75, 3.05) is 0 Å². The van der Waals surface area contributed by atoms with Crippen LogP contribution in [-0.2, 0) is 0 Å². The molecule has 0 spiro atoms. The van der Waals surface area contributed by atoms with Crippen molar-refractivity contribution in [3.05, 3.63) is 0 Å². The summed E-state index contributed by atoms with van der Waals surface area (Å²) in [6.45, 7) is 0. The number of hydrogen-bond acceptors (Lipinski definition) is 0. The molecule has 0 rings (SSSR count). The van der Waals surface area contributed by atoms with Gasteiger partial charge in [0.2, 0.25) is 0 Å². The van der Waals surface area contributed by atoms with Crippen LogP contribution in [0.5, 0.6) is 0 Å². The Morgan fingerprint density at radius 1 is 2.00 bits per heavy atom. The van der Waals surface area contributed by atoms with E-state index in [1.807, 2.05) is 0 Å². The van der Waals surface area contributed by atoms with Crippen molar-refractivity contribution in [2.24, 2.45) is 0 Å². The Labute approximate surface area is 52.8 Å². The molecule has 0 saturated carbocycles. The van der Waals surface area contributed by atoms with Crippen LogP contribution in [0.1, 0.15) is 2.85 Å². The molecule has 0 N–H and O–H groups in total. The van der Waals surface area contributed by atoms with Crippen molar-refractivity contribution >= 4 is 49.7 Å². The van der Waals surface area contributed by atoms with Crippen molar-refractivity contribution in [1.29, 1.82) is 0 Å². The molecule has 0 aliphatic rings. The van der Waals surface area contributed by atoms with E-state index in [9.17, 15) is 0 Å². The summed E-state index contributed by atoms with van der Waals surface area (Å²) in [4.78, 5) is 0. The summed E-state index contributed by atoms with van der Waals surface area (Å²) in [6.07, 6.45) is 0. The van der Waals surface area contributed by atoms with Gasteiger partial charge in [-0.2, -0.15) is 0 Å². The summed E-state index contributed by atoms with van der Waals surface area (Å²) in [7, 11) is 5.17. The molecule has 0 amide bonds. The predicted octanol–water partition coefficient (Wildman–Crippen LogP) is -0.420. The van der Waals surface area contributed by atoms with Gasteiger partial charge in [0.15, 0.2) is 0 Å². The summed E-state index contributed by atoms with van der Waals surface area (Å²) < 4.78 is 0. The fourth-order valence-corrected chi connectivity index (χ4v) is 0. The van der Waals surface area contributed by atoms with Crippen LogP contribution in [0.25, 0.3) is 0 Å². The van der Waals surface area contributed by atoms with E-state index in [0.717, 1.165) is 7.82 Å². The van der Waals surface area contributed by atoms with Gasteiger partial charge in [-0.15, -0.1) is 16.7 Å². The van der Waals surface area contributed by atoms with Crippen molar-refractivity contribution in [3.8, 4) is 0 Å². The Hall–Kier alpha value is 1.84. The molecule has 0 aromatic rings. The monoisotopic (exact) mass is 122 g/mol. The fourth-order valence-electron chi connectivity index (χ4n) is 0. The van der Waals surface area contributed by atoms with Gasteiger partial charge in [0.05, 0.1) is 0 Å². The van der Waals surface area contributed by atoms with Gasteiger partial charge in [-0.25, -0.2) is 0 Å². The minimum absolute atomic E-state index is 0. The third-order valence-electron chi connectivity index (χ3n) is 0. The van der Waals surface area contributed by atoms with E-state index in [0.29, 0.717) is 0 Å². The first-order valence-electron chi connectivity index (χ1n) is 0.789. The van der Waals surface area contributed by atoms with Crippen molar-refractivity contribution < 1.29 is 2.85 Å². The van der Waals surface area contributed by atoms with E-state index < -0.39 is 0 Å². The molecule has 0 bridgehead atoms. The zero-order valence-corrected chi connectivity index (χ0v) is 8.35. The molecule has 0 aliphatic carbocycles. The Morgan fingerprint density at radius 3 is 2.00 bits per heavy atom. The minimum atomic E-state index is 0. The Kier molecular flexibility index (Phi) is 20.5. The molecule has 2 unspecified atom stereocenters. The van der Waals surface area contributed by atoms with Crippen LogP contribution in [0.3, 0.4) is 0 Å². The van der Waals surface area contributed by atoms with Gasteiger partial charge >= 0.3 is 23.1 Å². The molecular formula is H8MgP2Si. The zero-order valence-electron chi connectivity index (χ0n) is 4.78. The average molecular weight is 122 g/mol. The Balaban J connectivity index is -0.00000000667. The van der Waals surface area contributed by atoms with Gasteiger partial charge in [0.1, 0.15) is 0 Å². The first-order chi connectivity index (χ1) is 1.41. The van der Waals surface area contributed by atoms with E-state index in [-0.39, 0.29) is 25.9 Å². The van der Waals surface area contributed by atoms with Gasteiger partial charge in [-0.3, -0.25) is 0 Å². The molecule has 0 aromatic heterocycles. The first kappa shape index (κ1) is 9.28. The molecule has 0 fully saturated rings. The first-order valence-corrected chi connectivity index (χ1v) is 7.10. The largest absolute Gasteiger partial charge is 2.00 e. The van der Waals surface area contributed by atoms with Crippen LogP contribution >= 0.6 is 16.7 Å². The Bertz CT molecular complexity index is 11.5. The smallest absolute Gasteiger partial charge is 1.00 e. The van der Waals surface area contributed by atoms with Gasteiger partial charge in [0, 0.05) is 9.91 Å².